The maximum atomic E-state index is 12.6. The minimum atomic E-state index is -0.219. The molecule has 0 aromatic heterocycles. The third-order valence-electron chi connectivity index (χ3n) is 7.16. The van der Waals surface area contributed by atoms with E-state index in [0.717, 1.165) is 24.3 Å². The van der Waals surface area contributed by atoms with E-state index in [-0.39, 0.29) is 24.3 Å². The molecule has 27 heavy (non-hydrogen) atoms. The van der Waals surface area contributed by atoms with Gasteiger partial charge in [-0.2, -0.15) is 0 Å². The van der Waals surface area contributed by atoms with Crippen LogP contribution in [0.3, 0.4) is 0 Å². The largest absolute Gasteiger partial charge is 0.461 e. The van der Waals surface area contributed by atoms with Crippen molar-refractivity contribution in [2.45, 2.75) is 52.5 Å². The summed E-state index contributed by atoms with van der Waals surface area (Å²) < 4.78 is 5.67. The number of carbonyl (C=O) groups excluding carboxylic acids is 2. The average molecular weight is 367 g/mol. The molecule has 0 spiro atoms. The molecule has 1 amide bonds. The van der Waals surface area contributed by atoms with Gasteiger partial charge in [-0.1, -0.05) is 44.2 Å². The second-order valence-electron chi connectivity index (χ2n) is 8.86. The molecule has 1 aromatic carbocycles. The van der Waals surface area contributed by atoms with Crippen LogP contribution in [0, 0.1) is 17.3 Å². The summed E-state index contributed by atoms with van der Waals surface area (Å²) in [6.45, 7) is 7.28. The average Bonchev–Trinajstić information content (AvgIpc) is 2.66. The highest BCUT2D eigenvalue weighted by molar-refractivity contribution is 5.77. The van der Waals surface area contributed by atoms with Gasteiger partial charge in [0.1, 0.15) is 6.61 Å². The van der Waals surface area contributed by atoms with Crippen molar-refractivity contribution in [1.82, 2.24) is 4.90 Å². The maximum Gasteiger partial charge on any atom is 0.308 e. The molecule has 2 bridgehead atoms. The van der Waals surface area contributed by atoms with Crippen LogP contribution in [0.4, 0.5) is 0 Å². The lowest BCUT2D eigenvalue weighted by molar-refractivity contribution is -0.146. The fourth-order valence-electron chi connectivity index (χ4n) is 5.27. The van der Waals surface area contributed by atoms with Crippen LogP contribution in [0.25, 0.3) is 0 Å². The Bertz CT molecular complexity index is 795. The Labute approximate surface area is 161 Å². The first kappa shape index (κ1) is 18.3. The van der Waals surface area contributed by atoms with E-state index in [9.17, 15) is 9.59 Å². The summed E-state index contributed by atoms with van der Waals surface area (Å²) in [6.07, 6.45) is 5.66. The van der Waals surface area contributed by atoms with Gasteiger partial charge in [-0.25, -0.2) is 0 Å². The quantitative estimate of drug-likeness (QED) is 0.596. The van der Waals surface area contributed by atoms with Crippen LogP contribution in [0.1, 0.15) is 57.2 Å². The normalized spacial score (nSPS) is 27.9. The number of hydrogen-bond donors (Lipinski definition) is 0. The second-order valence-corrected chi connectivity index (χ2v) is 8.86. The van der Waals surface area contributed by atoms with Crippen molar-refractivity contribution in [1.29, 1.82) is 0 Å². The number of carbonyl (C=O) groups is 2. The molecule has 0 N–H and O–H groups in total. The summed E-state index contributed by atoms with van der Waals surface area (Å²) in [5, 5.41) is 0. The highest BCUT2D eigenvalue weighted by Crippen LogP contribution is 2.59. The molecule has 1 saturated carbocycles. The zero-order chi connectivity index (χ0) is 19.2. The summed E-state index contributed by atoms with van der Waals surface area (Å²) in [5.41, 5.74) is 3.92. The SMILES string of the molecule is CC(=O)N1CCc2ccccc2[C@@H]1CC(=O)OCC1=CC[C@H]2C[C@@H]1C2(C)C. The molecule has 0 saturated heterocycles. The predicted molar refractivity (Wildman–Crippen MR) is 104 cm³/mol. The van der Waals surface area contributed by atoms with Crippen molar-refractivity contribution in [2.24, 2.45) is 17.3 Å². The Morgan fingerprint density at radius 1 is 1.26 bits per heavy atom. The van der Waals surface area contributed by atoms with Crippen molar-refractivity contribution >= 4 is 11.9 Å². The number of fused-ring (bicyclic) bond motifs is 2. The molecule has 5 rings (SSSR count). The van der Waals surface area contributed by atoms with Gasteiger partial charge in [-0.05, 0) is 53.2 Å². The lowest BCUT2D eigenvalue weighted by atomic mass is 9.49. The van der Waals surface area contributed by atoms with E-state index in [1.54, 1.807) is 6.92 Å². The number of amides is 1. The van der Waals surface area contributed by atoms with Crippen LogP contribution < -0.4 is 0 Å². The van der Waals surface area contributed by atoms with Crippen LogP contribution in [0.15, 0.2) is 35.9 Å². The smallest absolute Gasteiger partial charge is 0.308 e. The number of hydrogen-bond acceptors (Lipinski definition) is 3. The van der Waals surface area contributed by atoms with Gasteiger partial charge < -0.3 is 9.64 Å². The van der Waals surface area contributed by atoms with Crippen LogP contribution in [0.2, 0.25) is 0 Å². The molecule has 1 aliphatic heterocycles. The molecule has 1 fully saturated rings. The van der Waals surface area contributed by atoms with Gasteiger partial charge in [0, 0.05) is 13.5 Å². The van der Waals surface area contributed by atoms with Crippen molar-refractivity contribution in [2.75, 3.05) is 13.2 Å². The van der Waals surface area contributed by atoms with E-state index in [4.69, 9.17) is 4.74 Å². The minimum absolute atomic E-state index is 0.0135. The fourth-order valence-corrected chi connectivity index (χ4v) is 5.27. The molecule has 3 atom stereocenters. The molecule has 4 nitrogen and oxygen atoms in total. The van der Waals surface area contributed by atoms with E-state index in [2.05, 4.69) is 26.0 Å². The van der Waals surface area contributed by atoms with Crippen LogP contribution in [0.5, 0.6) is 0 Å². The van der Waals surface area contributed by atoms with Crippen LogP contribution in [-0.4, -0.2) is 29.9 Å². The Hall–Kier alpha value is -2.10. The van der Waals surface area contributed by atoms with Gasteiger partial charge in [-0.15, -0.1) is 0 Å². The summed E-state index contributed by atoms with van der Waals surface area (Å²) >= 11 is 0. The van der Waals surface area contributed by atoms with Crippen LogP contribution in [-0.2, 0) is 20.7 Å². The minimum Gasteiger partial charge on any atom is -0.461 e. The lowest BCUT2D eigenvalue weighted by Crippen LogP contribution is -2.48. The van der Waals surface area contributed by atoms with E-state index >= 15 is 0 Å². The van der Waals surface area contributed by atoms with E-state index in [1.165, 1.54) is 17.6 Å². The molecule has 3 aliphatic carbocycles. The molecule has 4 heteroatoms. The third kappa shape index (κ3) is 3.19. The number of ether oxygens (including phenoxy) is 1. The van der Waals surface area contributed by atoms with Gasteiger partial charge in [0.25, 0.3) is 0 Å². The standard InChI is InChI=1S/C23H29NO3/c1-15(25)24-11-10-16-6-4-5-7-19(16)21(24)13-22(26)27-14-17-8-9-18-12-20(17)23(18,2)3/h4-8,18,20-21H,9-14H2,1-3H3/t18-,20-,21-/m0/s1. The maximum absolute atomic E-state index is 12.6. The Kier molecular flexibility index (Phi) is 4.61. The third-order valence-corrected chi connectivity index (χ3v) is 7.16. The first-order valence-electron chi connectivity index (χ1n) is 10.1. The number of benzene rings is 1. The predicted octanol–water partition coefficient (Wildman–Crippen LogP) is 4.06. The van der Waals surface area contributed by atoms with Gasteiger partial charge in [0.2, 0.25) is 5.91 Å². The van der Waals surface area contributed by atoms with E-state index in [1.807, 2.05) is 23.1 Å². The molecule has 4 aliphatic rings. The van der Waals surface area contributed by atoms with Crippen molar-refractivity contribution in [3.63, 3.8) is 0 Å². The number of rotatable bonds is 4. The summed E-state index contributed by atoms with van der Waals surface area (Å²) in [4.78, 5) is 26.5. The zero-order valence-corrected chi connectivity index (χ0v) is 16.5. The molecule has 1 aromatic rings. The van der Waals surface area contributed by atoms with Crippen molar-refractivity contribution < 1.29 is 14.3 Å². The van der Waals surface area contributed by atoms with Crippen molar-refractivity contribution in [3.05, 3.63) is 47.0 Å². The number of esters is 1. The molecule has 144 valence electrons. The van der Waals surface area contributed by atoms with E-state index < -0.39 is 0 Å². The molecule has 0 radical (unpaired) electrons. The number of nitrogens with zero attached hydrogens (tertiary/aromatic N) is 1. The lowest BCUT2D eigenvalue weighted by Gasteiger charge is -2.56. The Morgan fingerprint density at radius 3 is 2.74 bits per heavy atom. The first-order valence-corrected chi connectivity index (χ1v) is 10.1. The molecule has 0 unspecified atom stereocenters. The topological polar surface area (TPSA) is 46.6 Å². The second kappa shape index (κ2) is 6.81. The monoisotopic (exact) mass is 367 g/mol. The highest BCUT2D eigenvalue weighted by Gasteiger charge is 2.51. The summed E-state index contributed by atoms with van der Waals surface area (Å²) in [5.74, 6) is 1.13. The zero-order valence-electron chi connectivity index (χ0n) is 16.5. The fraction of sp³-hybridized carbons (Fsp3) is 0.565. The molecular formula is C23H29NO3. The highest BCUT2D eigenvalue weighted by atomic mass is 16.5. The van der Waals surface area contributed by atoms with Gasteiger partial charge in [0.15, 0.2) is 0 Å². The Balaban J connectivity index is 1.42. The Morgan fingerprint density at radius 2 is 2.04 bits per heavy atom. The summed E-state index contributed by atoms with van der Waals surface area (Å²) in [7, 11) is 0. The van der Waals surface area contributed by atoms with E-state index in [0.29, 0.717) is 24.5 Å². The van der Waals surface area contributed by atoms with Gasteiger partial charge in [-0.3, -0.25) is 9.59 Å². The molecule has 1 heterocycles. The number of allylic oxidation sites excluding steroid dienone is 1. The van der Waals surface area contributed by atoms with Gasteiger partial charge >= 0.3 is 5.97 Å². The first-order chi connectivity index (χ1) is 12.9. The molecular weight excluding hydrogens is 338 g/mol. The van der Waals surface area contributed by atoms with Gasteiger partial charge in [0.05, 0.1) is 12.5 Å². The van der Waals surface area contributed by atoms with Crippen molar-refractivity contribution in [3.8, 4) is 0 Å². The summed E-state index contributed by atoms with van der Waals surface area (Å²) in [6, 6.07) is 7.89. The van der Waals surface area contributed by atoms with Crippen LogP contribution >= 0.6 is 0 Å².